The van der Waals surface area contributed by atoms with Crippen LogP contribution in [0.4, 0.5) is 63.6 Å². The molecule has 2 fully saturated rings. The predicted molar refractivity (Wildman–Crippen MR) is 566 cm³/mol. The molecule has 4 aromatic heterocycles. The lowest BCUT2D eigenvalue weighted by molar-refractivity contribution is 0.0977. The van der Waals surface area contributed by atoms with Gasteiger partial charge in [0.2, 0.25) is 0 Å². The second-order valence-corrected chi connectivity index (χ2v) is 38.0. The van der Waals surface area contributed by atoms with Gasteiger partial charge in [-0.15, -0.1) is 0 Å². The predicted octanol–water partition coefficient (Wildman–Crippen LogP) is 22.4. The molecule has 8 aromatic carbocycles. The lowest BCUT2D eigenvalue weighted by Gasteiger charge is -2.29. The lowest BCUT2D eigenvalue weighted by atomic mass is 9.95. The molecule has 144 heavy (non-hydrogen) atoms. The van der Waals surface area contributed by atoms with E-state index in [0.29, 0.717) is 120 Å². The normalized spacial score (nSPS) is 12.5. The number of likely N-dealkylation sites (N-methyl/N-ethyl adjacent to an activating group) is 1. The molecule has 0 atom stereocenters. The number of amides is 4. The molecule has 7 heterocycles. The van der Waals surface area contributed by atoms with Gasteiger partial charge in [-0.2, -0.15) is 0 Å². The van der Waals surface area contributed by atoms with Crippen LogP contribution in [0.3, 0.4) is 0 Å². The maximum absolute atomic E-state index is 15.2. The van der Waals surface area contributed by atoms with Crippen LogP contribution in [0.5, 0.6) is 0 Å². The van der Waals surface area contributed by atoms with Gasteiger partial charge >= 0.3 is 0 Å². The summed E-state index contributed by atoms with van der Waals surface area (Å²) in [6.07, 6.45) is 9.83. The summed E-state index contributed by atoms with van der Waals surface area (Å²) < 4.78 is 59.9. The minimum Gasteiger partial charge on any atom is -0.377 e. The zero-order valence-corrected chi connectivity index (χ0v) is 85.8. The molecule has 4 amide bonds. The van der Waals surface area contributed by atoms with Crippen LogP contribution in [0.15, 0.2) is 200 Å². The molecule has 7 N–H and O–H groups in total. The first-order chi connectivity index (χ1) is 68.5. The minimum absolute atomic E-state index is 0.0645. The quantitative estimate of drug-likeness (QED) is 0.0104. The van der Waals surface area contributed by atoms with Gasteiger partial charge in [0.15, 0.2) is 23.1 Å². The van der Waals surface area contributed by atoms with E-state index in [-0.39, 0.29) is 111 Å². The highest BCUT2D eigenvalue weighted by Gasteiger charge is 2.31. The van der Waals surface area contributed by atoms with E-state index in [4.69, 9.17) is 109 Å². The van der Waals surface area contributed by atoms with Crippen LogP contribution in [0.1, 0.15) is 166 Å². The number of pyridine rings is 4. The summed E-state index contributed by atoms with van der Waals surface area (Å²) in [4.78, 5) is 139. The third-order valence-electron chi connectivity index (χ3n) is 23.4. The number of rotatable bonds is 28. The van der Waals surface area contributed by atoms with E-state index >= 15 is 13.2 Å². The standard InChI is InChI=1S/C28H28Cl2FN5O2.C27H26Cl2FN5O2.C26H24Cl2FN5O2.C24H21Cl2FN4O2/c1-35(2)24-14-19(30)13-22(28(38)34-26-9-7-18(29)16-33-26)21(24)15-25(37)20-8-6-17(12-23(20)31)27(32)36-10-4-3-5-11-36;1-34(2)23-13-18(29)12-21(27(37)33-25-8-6-17(28)15-32-25)20(23)14-24(36)19-7-5-16(11-22(19)30)26(31)35-9-3-4-10-35;1-33(2)22-12-17(28)11-20(26(36)32-24-7-5-16(27)14-31-24)19(22)13-23(35)18-6-4-15(10-21(18)29)25-30-8-9-34(25)3;1-13(28)14-4-6-17(20(27)8-14)22(32)11-18-19(9-16(26)10-21(18)31(2)3)24(33)30-23-7-5-15(25)12-29-23/h6-9,12-14,16,32H,3-5,10-11,15H2,1-2H3,(H,33,34,38);5-8,11-13,15,31H,3-4,9-10,14H2,1-2H3,(H,32,33,37);4-7,10-12,14H,8-9,13H2,1-3H3,(H,31,32,36);4-10,12,28H,11H2,1-3H3,(H,29,30,33). The van der Waals surface area contributed by atoms with Crippen molar-refractivity contribution in [3.8, 4) is 0 Å². The Morgan fingerprint density at radius 2 is 0.590 bits per heavy atom. The van der Waals surface area contributed by atoms with Crippen molar-refractivity contribution in [1.29, 1.82) is 16.2 Å². The third kappa shape index (κ3) is 28.2. The van der Waals surface area contributed by atoms with Crippen molar-refractivity contribution in [2.24, 2.45) is 4.99 Å². The van der Waals surface area contributed by atoms with Crippen molar-refractivity contribution in [2.45, 2.75) is 64.7 Å². The van der Waals surface area contributed by atoms with E-state index in [9.17, 15) is 42.7 Å². The van der Waals surface area contributed by atoms with Crippen molar-refractivity contribution < 1.29 is 55.9 Å². The van der Waals surface area contributed by atoms with Gasteiger partial charge in [-0.05, 0) is 212 Å². The largest absolute Gasteiger partial charge is 0.377 e. The molecule has 39 heteroatoms. The Labute approximate surface area is 869 Å². The maximum atomic E-state index is 15.2. The van der Waals surface area contributed by atoms with Gasteiger partial charge in [-0.25, -0.2) is 37.5 Å². The molecular weight excluding hydrogens is 2010 g/mol. The molecule has 3 aliphatic heterocycles. The second kappa shape index (κ2) is 49.5. The summed E-state index contributed by atoms with van der Waals surface area (Å²) in [6.45, 7) is 6.01. The van der Waals surface area contributed by atoms with Gasteiger partial charge in [-0.3, -0.25) is 54.2 Å². The van der Waals surface area contributed by atoms with E-state index in [2.05, 4.69) is 46.2 Å². The number of amidine groups is 3. The lowest BCUT2D eigenvalue weighted by Crippen LogP contribution is -2.35. The molecular formula is C105H99Cl8F4N19O8. The van der Waals surface area contributed by atoms with Crippen LogP contribution in [-0.4, -0.2) is 207 Å². The zero-order chi connectivity index (χ0) is 104. The summed E-state index contributed by atoms with van der Waals surface area (Å²) >= 11 is 48.7. The summed E-state index contributed by atoms with van der Waals surface area (Å²) in [7, 11) is 16.0. The Bertz CT molecular complexity index is 6970. The highest BCUT2D eigenvalue weighted by molar-refractivity contribution is 6.34. The van der Waals surface area contributed by atoms with Gasteiger partial charge in [-0.1, -0.05) is 117 Å². The fraction of sp³-hybridized carbons (Fsp3) is 0.238. The molecule has 0 bridgehead atoms. The minimum atomic E-state index is -0.721. The van der Waals surface area contributed by atoms with Gasteiger partial charge in [0, 0.05) is 234 Å². The topological polar surface area (TPSA) is 343 Å². The number of piperidine rings is 1. The van der Waals surface area contributed by atoms with Crippen molar-refractivity contribution in [2.75, 3.05) is 144 Å². The number of anilines is 8. The van der Waals surface area contributed by atoms with E-state index in [1.165, 1.54) is 105 Å². The van der Waals surface area contributed by atoms with Crippen LogP contribution in [0, 0.1) is 39.5 Å². The summed E-state index contributed by atoms with van der Waals surface area (Å²) in [5.74, 6) is -4.49. The van der Waals surface area contributed by atoms with Crippen LogP contribution >= 0.6 is 92.8 Å². The average molecular weight is 2110 g/mol. The number of likely N-dealkylation sites (tertiary alicyclic amines) is 2. The summed E-state index contributed by atoms with van der Waals surface area (Å²) in [5.41, 5.74) is 6.22. The number of carbonyl (C=O) groups is 8. The van der Waals surface area contributed by atoms with E-state index in [1.807, 2.05) is 21.7 Å². The van der Waals surface area contributed by atoms with Crippen molar-refractivity contribution in [3.05, 3.63) is 347 Å². The fourth-order valence-electron chi connectivity index (χ4n) is 16.1. The number of hydrogen-bond donors (Lipinski definition) is 7. The number of Topliss-reactive ketones (excluding diaryl/α,β-unsaturated/α-hetero) is 4. The number of carbonyl (C=O) groups excluding carboxylic acids is 8. The van der Waals surface area contributed by atoms with Gasteiger partial charge < -0.3 is 61.0 Å². The van der Waals surface area contributed by atoms with E-state index in [0.717, 1.165) is 70.9 Å². The Morgan fingerprint density at radius 3 is 0.833 bits per heavy atom. The number of ketones is 4. The van der Waals surface area contributed by atoms with Gasteiger partial charge in [0.05, 0.1) is 48.9 Å². The van der Waals surface area contributed by atoms with Crippen LogP contribution in [0.25, 0.3) is 0 Å². The Hall–Kier alpha value is -13.8. The molecule has 0 aliphatic carbocycles. The van der Waals surface area contributed by atoms with Gasteiger partial charge in [0.1, 0.15) is 64.0 Å². The van der Waals surface area contributed by atoms with Crippen LogP contribution in [-0.2, 0) is 25.7 Å². The van der Waals surface area contributed by atoms with E-state index in [1.54, 1.807) is 167 Å². The van der Waals surface area contributed by atoms with Gasteiger partial charge in [0.25, 0.3) is 23.6 Å². The van der Waals surface area contributed by atoms with Crippen molar-refractivity contribution in [3.63, 3.8) is 0 Å². The average Bonchev–Trinajstić information content (AvgIpc) is 0.950. The molecule has 0 spiro atoms. The molecule has 15 rings (SSSR count). The number of halogens is 12. The molecule has 746 valence electrons. The Balaban J connectivity index is 0.000000171. The third-order valence-corrected chi connectivity index (χ3v) is 25.1. The number of aromatic nitrogens is 4. The Kier molecular flexibility index (Phi) is 37.5. The highest BCUT2D eigenvalue weighted by atomic mass is 35.5. The zero-order valence-electron chi connectivity index (χ0n) is 79.7. The summed E-state index contributed by atoms with van der Waals surface area (Å²) in [6, 6.07) is 42.0. The molecule has 0 saturated carbocycles. The molecule has 27 nitrogen and oxygen atoms in total. The van der Waals surface area contributed by atoms with Crippen LogP contribution in [0.2, 0.25) is 40.2 Å². The number of aliphatic imine (C=N–C) groups is 1. The van der Waals surface area contributed by atoms with Crippen LogP contribution < -0.4 is 40.9 Å². The SMILES string of the molecule is CC(=N)c1ccc(C(=O)Cc2c(C(=O)Nc3ccc(Cl)cn3)cc(Cl)cc2N(C)C)c(F)c1.CN(C)c1cc(Cl)cc(C(=O)Nc2ccc(Cl)cn2)c1CC(=O)c1ccc(C(=N)N2CCCC2)cc1F.CN(C)c1cc(Cl)cc(C(=O)Nc2ccc(Cl)cn2)c1CC(=O)c1ccc(C(=N)N2CCCCC2)cc1F.CN1CCN=C1c1ccc(C(=O)Cc2c(C(=O)Nc3ccc(Cl)cn3)cc(Cl)cc2N(C)C)c(F)c1. The summed E-state index contributed by atoms with van der Waals surface area (Å²) in [5, 5.41) is 38.1. The number of nitrogens with one attached hydrogen (secondary N) is 7. The Morgan fingerprint density at radius 1 is 0.326 bits per heavy atom. The number of nitrogens with zero attached hydrogens (tertiary/aromatic N) is 12. The molecule has 3 aliphatic rings. The molecule has 0 radical (unpaired) electrons. The second-order valence-electron chi connectivity index (χ2n) is 34.5. The molecule has 2 saturated heterocycles. The number of hydrogen-bond acceptors (Lipinski definition) is 21. The first-order valence-corrected chi connectivity index (χ1v) is 48.0. The fourth-order valence-corrected chi connectivity index (χ4v) is 17.4. The first-order valence-electron chi connectivity index (χ1n) is 45.0. The number of benzene rings is 8. The van der Waals surface area contributed by atoms with Crippen molar-refractivity contribution >= 4 is 209 Å². The highest BCUT2D eigenvalue weighted by Crippen LogP contribution is 2.37. The first kappa shape index (κ1) is 109. The molecule has 0 unspecified atom stereocenters. The van der Waals surface area contributed by atoms with Crippen molar-refractivity contribution in [1.82, 2.24) is 34.6 Å². The maximum Gasteiger partial charge on any atom is 0.257 e. The van der Waals surface area contributed by atoms with E-state index < -0.39 is 70.0 Å². The molecule has 12 aromatic rings. The monoisotopic (exact) mass is 2110 g/mol. The smallest absolute Gasteiger partial charge is 0.257 e.